The van der Waals surface area contributed by atoms with Gasteiger partial charge in [-0.3, -0.25) is 9.48 Å². The summed E-state index contributed by atoms with van der Waals surface area (Å²) in [5, 5.41) is 8.76. The first-order chi connectivity index (χ1) is 10.1. The van der Waals surface area contributed by atoms with Crippen LogP contribution in [0.1, 0.15) is 31.0 Å². The summed E-state index contributed by atoms with van der Waals surface area (Å²) in [6.45, 7) is 5.77. The monoisotopic (exact) mass is 290 g/mol. The van der Waals surface area contributed by atoms with Gasteiger partial charge in [-0.05, 0) is 38.4 Å². The number of carbonyl (C=O) groups is 1. The van der Waals surface area contributed by atoms with Crippen molar-refractivity contribution in [1.29, 1.82) is 0 Å². The lowest BCUT2D eigenvalue weighted by Crippen LogP contribution is -2.16. The number of pyridine rings is 1. The molecule has 0 unspecified atom stereocenters. The predicted molar refractivity (Wildman–Crippen MR) is 80.8 cm³/mol. The quantitative estimate of drug-likeness (QED) is 0.621. The number of carbonyl (C=O) groups excluding carboxylic acids is 1. The van der Waals surface area contributed by atoms with Crippen LogP contribution in [0.4, 0.5) is 0 Å². The lowest BCUT2D eigenvalue weighted by molar-refractivity contribution is -0.143. The number of hydrogen-bond donors (Lipinski definition) is 1. The van der Waals surface area contributed by atoms with Crippen molar-refractivity contribution in [2.75, 3.05) is 13.2 Å². The molecule has 6 nitrogen and oxygen atoms in total. The van der Waals surface area contributed by atoms with E-state index in [0.717, 1.165) is 41.8 Å². The Kier molecular flexibility index (Phi) is 5.27. The molecule has 0 aliphatic carbocycles. The van der Waals surface area contributed by atoms with E-state index in [-0.39, 0.29) is 5.97 Å². The van der Waals surface area contributed by atoms with Crippen molar-refractivity contribution >= 4 is 17.0 Å². The Bertz CT molecular complexity index is 621. The molecule has 0 radical (unpaired) electrons. The van der Waals surface area contributed by atoms with Crippen molar-refractivity contribution in [3.8, 4) is 0 Å². The Morgan fingerprint density at radius 2 is 2.29 bits per heavy atom. The van der Waals surface area contributed by atoms with Gasteiger partial charge < -0.3 is 10.1 Å². The molecule has 0 amide bonds. The SMILES string of the molecule is CCOC(=O)CCCNCc1cnc2c(c1)c(C)nn2C. The lowest BCUT2D eigenvalue weighted by atomic mass is 10.2. The van der Waals surface area contributed by atoms with E-state index >= 15 is 0 Å². The minimum absolute atomic E-state index is 0.131. The third-order valence-electron chi connectivity index (χ3n) is 3.29. The summed E-state index contributed by atoms with van der Waals surface area (Å²) >= 11 is 0. The van der Waals surface area contributed by atoms with E-state index in [1.807, 2.05) is 27.1 Å². The zero-order valence-electron chi connectivity index (χ0n) is 12.8. The molecular weight excluding hydrogens is 268 g/mol. The first-order valence-electron chi connectivity index (χ1n) is 7.26. The van der Waals surface area contributed by atoms with Gasteiger partial charge in [-0.2, -0.15) is 5.10 Å². The van der Waals surface area contributed by atoms with Crippen LogP contribution in [-0.4, -0.2) is 33.9 Å². The van der Waals surface area contributed by atoms with Crippen LogP contribution in [0.5, 0.6) is 0 Å². The molecule has 0 aliphatic rings. The lowest BCUT2D eigenvalue weighted by Gasteiger charge is -2.05. The molecule has 0 aromatic carbocycles. The number of esters is 1. The van der Waals surface area contributed by atoms with Gasteiger partial charge in [-0.25, -0.2) is 4.98 Å². The van der Waals surface area contributed by atoms with Crippen LogP contribution in [0, 0.1) is 6.92 Å². The molecule has 0 bridgehead atoms. The van der Waals surface area contributed by atoms with Crippen LogP contribution in [-0.2, 0) is 23.1 Å². The van der Waals surface area contributed by atoms with Crippen molar-refractivity contribution in [2.24, 2.45) is 7.05 Å². The fourth-order valence-corrected chi connectivity index (χ4v) is 2.27. The minimum Gasteiger partial charge on any atom is -0.466 e. The van der Waals surface area contributed by atoms with E-state index in [2.05, 4.69) is 21.5 Å². The van der Waals surface area contributed by atoms with Crippen molar-refractivity contribution in [2.45, 2.75) is 33.2 Å². The molecule has 114 valence electrons. The van der Waals surface area contributed by atoms with Gasteiger partial charge in [0.05, 0.1) is 12.3 Å². The summed E-state index contributed by atoms with van der Waals surface area (Å²) in [4.78, 5) is 15.6. The maximum atomic E-state index is 11.2. The van der Waals surface area contributed by atoms with E-state index in [4.69, 9.17) is 4.74 Å². The van der Waals surface area contributed by atoms with E-state index in [1.165, 1.54) is 0 Å². The molecule has 1 N–H and O–H groups in total. The highest BCUT2D eigenvalue weighted by atomic mass is 16.5. The highest BCUT2D eigenvalue weighted by molar-refractivity contribution is 5.78. The highest BCUT2D eigenvalue weighted by Crippen LogP contribution is 2.16. The Labute approximate surface area is 124 Å². The molecule has 0 saturated heterocycles. The third kappa shape index (κ3) is 4.01. The van der Waals surface area contributed by atoms with Crippen molar-refractivity contribution in [1.82, 2.24) is 20.1 Å². The summed E-state index contributed by atoms with van der Waals surface area (Å²) in [6, 6.07) is 2.11. The second-order valence-corrected chi connectivity index (χ2v) is 5.01. The summed E-state index contributed by atoms with van der Waals surface area (Å²) in [6.07, 6.45) is 3.10. The van der Waals surface area contributed by atoms with Gasteiger partial charge >= 0.3 is 5.97 Å². The van der Waals surface area contributed by atoms with Gasteiger partial charge in [-0.15, -0.1) is 0 Å². The van der Waals surface area contributed by atoms with Crippen LogP contribution >= 0.6 is 0 Å². The number of aromatic nitrogens is 3. The molecule has 2 heterocycles. The third-order valence-corrected chi connectivity index (χ3v) is 3.29. The number of rotatable bonds is 7. The summed E-state index contributed by atoms with van der Waals surface area (Å²) < 4.78 is 6.68. The fraction of sp³-hybridized carbons (Fsp3) is 0.533. The number of fused-ring (bicyclic) bond motifs is 1. The second-order valence-electron chi connectivity index (χ2n) is 5.01. The van der Waals surface area contributed by atoms with E-state index < -0.39 is 0 Å². The van der Waals surface area contributed by atoms with Crippen LogP contribution in [0.2, 0.25) is 0 Å². The number of hydrogen-bond acceptors (Lipinski definition) is 5. The molecule has 0 spiro atoms. The van der Waals surface area contributed by atoms with Gasteiger partial charge in [0.1, 0.15) is 0 Å². The van der Waals surface area contributed by atoms with Crippen LogP contribution < -0.4 is 5.32 Å². The Hall–Kier alpha value is -1.95. The Balaban J connectivity index is 1.81. The van der Waals surface area contributed by atoms with Gasteiger partial charge in [0.2, 0.25) is 0 Å². The first-order valence-corrected chi connectivity index (χ1v) is 7.26. The van der Waals surface area contributed by atoms with Gasteiger partial charge in [-0.1, -0.05) is 0 Å². The number of nitrogens with one attached hydrogen (secondary N) is 1. The fourth-order valence-electron chi connectivity index (χ4n) is 2.27. The molecule has 0 saturated carbocycles. The predicted octanol–water partition coefficient (Wildman–Crippen LogP) is 1.71. The highest BCUT2D eigenvalue weighted by Gasteiger charge is 2.07. The van der Waals surface area contributed by atoms with Crippen molar-refractivity contribution < 1.29 is 9.53 Å². The molecule has 2 aromatic rings. The maximum Gasteiger partial charge on any atom is 0.305 e. The number of nitrogens with zero attached hydrogens (tertiary/aromatic N) is 3. The van der Waals surface area contributed by atoms with Crippen LogP contribution in [0.3, 0.4) is 0 Å². The Morgan fingerprint density at radius 1 is 1.48 bits per heavy atom. The number of aryl methyl sites for hydroxylation is 2. The van der Waals surface area contributed by atoms with E-state index in [0.29, 0.717) is 13.0 Å². The van der Waals surface area contributed by atoms with Crippen LogP contribution in [0.25, 0.3) is 11.0 Å². The summed E-state index contributed by atoms with van der Waals surface area (Å²) in [7, 11) is 1.90. The zero-order valence-corrected chi connectivity index (χ0v) is 12.8. The van der Waals surface area contributed by atoms with Crippen molar-refractivity contribution in [3.05, 3.63) is 23.5 Å². The topological polar surface area (TPSA) is 69.0 Å². The molecule has 6 heteroatoms. The summed E-state index contributed by atoms with van der Waals surface area (Å²) in [5.74, 6) is -0.131. The molecular formula is C15H22N4O2. The summed E-state index contributed by atoms with van der Waals surface area (Å²) in [5.41, 5.74) is 3.01. The average molecular weight is 290 g/mol. The molecule has 2 rings (SSSR count). The molecule has 21 heavy (non-hydrogen) atoms. The largest absolute Gasteiger partial charge is 0.466 e. The van der Waals surface area contributed by atoms with Crippen molar-refractivity contribution in [3.63, 3.8) is 0 Å². The first kappa shape index (κ1) is 15.4. The van der Waals surface area contributed by atoms with E-state index in [9.17, 15) is 4.79 Å². The van der Waals surface area contributed by atoms with Gasteiger partial charge in [0.25, 0.3) is 0 Å². The van der Waals surface area contributed by atoms with Gasteiger partial charge in [0.15, 0.2) is 5.65 Å². The number of ether oxygens (including phenoxy) is 1. The molecule has 0 atom stereocenters. The van der Waals surface area contributed by atoms with E-state index in [1.54, 1.807) is 4.68 Å². The van der Waals surface area contributed by atoms with Crippen LogP contribution in [0.15, 0.2) is 12.3 Å². The molecule has 2 aromatic heterocycles. The standard InChI is InChI=1S/C15H22N4O2/c1-4-21-14(20)6-5-7-16-9-12-8-13-11(2)18-19(3)15(13)17-10-12/h8,10,16H,4-7,9H2,1-3H3. The average Bonchev–Trinajstić information content (AvgIpc) is 2.74. The molecule has 0 fully saturated rings. The second kappa shape index (κ2) is 7.17. The Morgan fingerprint density at radius 3 is 3.05 bits per heavy atom. The minimum atomic E-state index is -0.131. The normalized spacial score (nSPS) is 11.0. The maximum absolute atomic E-state index is 11.2. The zero-order chi connectivity index (χ0) is 15.2. The molecule has 0 aliphatic heterocycles. The van der Waals surface area contributed by atoms with Gasteiger partial charge in [0, 0.05) is 31.6 Å². The smallest absolute Gasteiger partial charge is 0.305 e.